The van der Waals surface area contributed by atoms with E-state index >= 15 is 0 Å². The van der Waals surface area contributed by atoms with Crippen LogP contribution in [-0.2, 0) is 4.79 Å². The van der Waals surface area contributed by atoms with E-state index in [2.05, 4.69) is 6.92 Å². The fraction of sp³-hybridized carbons (Fsp3) is 0.625. The molecule has 0 aliphatic rings. The standard InChI is InChI=1S/C8H14O2.K.H/c1-3-4-5-6-7(2)8(9)10;;/h6H,3-5H2,1-2H3,(H,9,10);;. The number of carboxylic acids is 1. The molecule has 0 saturated carbocycles. The van der Waals surface area contributed by atoms with Gasteiger partial charge in [-0.05, 0) is 13.3 Å². The molecule has 11 heavy (non-hydrogen) atoms. The quantitative estimate of drug-likeness (QED) is 0.407. The molecule has 0 unspecified atom stereocenters. The van der Waals surface area contributed by atoms with Crippen LogP contribution in [0.1, 0.15) is 33.1 Å². The second kappa shape index (κ2) is 8.94. The van der Waals surface area contributed by atoms with Gasteiger partial charge in [0, 0.05) is 5.57 Å². The Morgan fingerprint density at radius 1 is 1.55 bits per heavy atom. The molecule has 0 radical (unpaired) electrons. The fourth-order valence-corrected chi connectivity index (χ4v) is 0.610. The Bertz CT molecular complexity index is 141. The van der Waals surface area contributed by atoms with Crippen LogP contribution in [0.3, 0.4) is 0 Å². The summed E-state index contributed by atoms with van der Waals surface area (Å²) >= 11 is 0. The van der Waals surface area contributed by atoms with E-state index in [1.54, 1.807) is 13.0 Å². The van der Waals surface area contributed by atoms with E-state index in [-0.39, 0.29) is 51.4 Å². The number of carbonyl (C=O) groups is 1. The Morgan fingerprint density at radius 3 is 2.45 bits per heavy atom. The Balaban J connectivity index is 0. The van der Waals surface area contributed by atoms with Crippen molar-refractivity contribution in [1.29, 1.82) is 0 Å². The van der Waals surface area contributed by atoms with Crippen molar-refractivity contribution in [2.75, 3.05) is 0 Å². The number of carboxylic acid groups (broad SMARTS) is 1. The molecule has 0 atom stereocenters. The van der Waals surface area contributed by atoms with Gasteiger partial charge < -0.3 is 5.11 Å². The molecule has 0 rings (SSSR count). The summed E-state index contributed by atoms with van der Waals surface area (Å²) in [4.78, 5) is 10.2. The number of hydrogen-bond donors (Lipinski definition) is 1. The fourth-order valence-electron chi connectivity index (χ4n) is 0.610. The topological polar surface area (TPSA) is 37.3 Å². The van der Waals surface area contributed by atoms with Crippen LogP contribution < -0.4 is 0 Å². The Kier molecular flexibility index (Phi) is 11.7. The number of aliphatic carboxylic acids is 1. The van der Waals surface area contributed by atoms with E-state index in [0.29, 0.717) is 5.57 Å². The van der Waals surface area contributed by atoms with E-state index < -0.39 is 5.97 Å². The Morgan fingerprint density at radius 2 is 2.09 bits per heavy atom. The Labute approximate surface area is 110 Å². The summed E-state index contributed by atoms with van der Waals surface area (Å²) in [7, 11) is 0. The van der Waals surface area contributed by atoms with Crippen molar-refractivity contribution in [3.05, 3.63) is 11.6 Å². The molecule has 0 fully saturated rings. The van der Waals surface area contributed by atoms with Gasteiger partial charge in [0.2, 0.25) is 0 Å². The SMILES string of the molecule is CCCCC=C(C)C(=O)O.[KH]. The summed E-state index contributed by atoms with van der Waals surface area (Å²) in [6.07, 6.45) is 4.84. The first kappa shape index (κ1) is 14.4. The van der Waals surface area contributed by atoms with E-state index in [0.717, 1.165) is 19.3 Å². The zero-order valence-electron chi connectivity index (χ0n) is 6.55. The molecule has 3 heteroatoms. The van der Waals surface area contributed by atoms with Gasteiger partial charge in [-0.15, -0.1) is 0 Å². The average molecular weight is 182 g/mol. The molecule has 0 amide bonds. The van der Waals surface area contributed by atoms with Crippen LogP contribution in [0.5, 0.6) is 0 Å². The van der Waals surface area contributed by atoms with Crippen LogP contribution in [0.4, 0.5) is 0 Å². The van der Waals surface area contributed by atoms with Crippen molar-refractivity contribution < 1.29 is 9.90 Å². The number of unbranched alkanes of at least 4 members (excludes halogenated alkanes) is 2. The minimum atomic E-state index is -0.809. The zero-order chi connectivity index (χ0) is 7.98. The monoisotopic (exact) mass is 182 g/mol. The third-order valence-electron chi connectivity index (χ3n) is 1.35. The van der Waals surface area contributed by atoms with E-state index in [9.17, 15) is 4.79 Å². The van der Waals surface area contributed by atoms with Crippen LogP contribution in [0.25, 0.3) is 0 Å². The Hall–Kier alpha value is 0.846. The molecule has 60 valence electrons. The number of allylic oxidation sites excluding steroid dienone is 1. The zero-order valence-corrected chi connectivity index (χ0v) is 6.55. The summed E-state index contributed by atoms with van der Waals surface area (Å²) in [5.74, 6) is -0.809. The molecular weight excluding hydrogens is 167 g/mol. The molecule has 0 aromatic carbocycles. The summed E-state index contributed by atoms with van der Waals surface area (Å²) in [5.41, 5.74) is 0.452. The van der Waals surface area contributed by atoms with Crippen LogP contribution in [0.15, 0.2) is 11.6 Å². The van der Waals surface area contributed by atoms with Crippen molar-refractivity contribution in [2.24, 2.45) is 0 Å². The third kappa shape index (κ3) is 8.76. The van der Waals surface area contributed by atoms with Gasteiger partial charge in [-0.2, -0.15) is 0 Å². The van der Waals surface area contributed by atoms with E-state index in [1.165, 1.54) is 0 Å². The molecule has 0 aromatic heterocycles. The van der Waals surface area contributed by atoms with Gasteiger partial charge in [0.05, 0.1) is 0 Å². The van der Waals surface area contributed by atoms with Crippen LogP contribution in [0.2, 0.25) is 0 Å². The second-order valence-electron chi connectivity index (χ2n) is 2.33. The van der Waals surface area contributed by atoms with E-state index in [4.69, 9.17) is 5.11 Å². The molecule has 0 saturated heterocycles. The molecule has 0 aliphatic carbocycles. The molecular formula is C8H15KO2. The van der Waals surface area contributed by atoms with Crippen molar-refractivity contribution >= 4 is 57.4 Å². The summed E-state index contributed by atoms with van der Waals surface area (Å²) < 4.78 is 0. The van der Waals surface area contributed by atoms with Crippen molar-refractivity contribution in [2.45, 2.75) is 33.1 Å². The summed E-state index contributed by atoms with van der Waals surface area (Å²) in [6, 6.07) is 0. The van der Waals surface area contributed by atoms with Crippen molar-refractivity contribution in [3.63, 3.8) is 0 Å². The molecule has 0 bridgehead atoms. The molecule has 0 aromatic rings. The first-order valence-corrected chi connectivity index (χ1v) is 3.58. The molecule has 2 nitrogen and oxygen atoms in total. The van der Waals surface area contributed by atoms with Gasteiger partial charge in [0.1, 0.15) is 0 Å². The van der Waals surface area contributed by atoms with Gasteiger partial charge in [-0.25, -0.2) is 4.79 Å². The maximum atomic E-state index is 10.2. The second-order valence-corrected chi connectivity index (χ2v) is 2.33. The molecule has 0 heterocycles. The van der Waals surface area contributed by atoms with Crippen molar-refractivity contribution in [3.8, 4) is 0 Å². The van der Waals surface area contributed by atoms with Gasteiger partial charge in [-0.1, -0.05) is 25.8 Å². The van der Waals surface area contributed by atoms with Gasteiger partial charge >= 0.3 is 57.4 Å². The van der Waals surface area contributed by atoms with Crippen LogP contribution in [-0.4, -0.2) is 62.5 Å². The van der Waals surface area contributed by atoms with Crippen LogP contribution in [0, 0.1) is 0 Å². The average Bonchev–Trinajstić information content (AvgIpc) is 1.88. The minimum absolute atomic E-state index is 0. The summed E-state index contributed by atoms with van der Waals surface area (Å²) in [5, 5.41) is 8.41. The number of rotatable bonds is 4. The normalized spacial score (nSPS) is 10.5. The number of hydrogen-bond acceptors (Lipinski definition) is 1. The van der Waals surface area contributed by atoms with Gasteiger partial charge in [-0.3, -0.25) is 0 Å². The van der Waals surface area contributed by atoms with Gasteiger partial charge in [0.25, 0.3) is 0 Å². The molecule has 0 spiro atoms. The first-order chi connectivity index (χ1) is 4.68. The summed E-state index contributed by atoms with van der Waals surface area (Å²) in [6.45, 7) is 3.71. The third-order valence-corrected chi connectivity index (χ3v) is 1.35. The predicted octanol–water partition coefficient (Wildman–Crippen LogP) is 1.56. The molecule has 0 aliphatic heterocycles. The van der Waals surface area contributed by atoms with Crippen LogP contribution >= 0.6 is 0 Å². The van der Waals surface area contributed by atoms with Gasteiger partial charge in [0.15, 0.2) is 0 Å². The van der Waals surface area contributed by atoms with E-state index in [1.807, 2.05) is 0 Å². The van der Waals surface area contributed by atoms with Crippen molar-refractivity contribution in [1.82, 2.24) is 0 Å². The first-order valence-electron chi connectivity index (χ1n) is 3.58. The molecule has 1 N–H and O–H groups in total. The maximum absolute atomic E-state index is 10.2. The predicted molar refractivity (Wildman–Crippen MR) is 48.1 cm³/mol.